The number of carbonyl (C=O) groups is 1. The van der Waals surface area contributed by atoms with Crippen molar-refractivity contribution in [3.63, 3.8) is 0 Å². The fourth-order valence-electron chi connectivity index (χ4n) is 2.98. The molecule has 2 unspecified atom stereocenters. The van der Waals surface area contributed by atoms with Crippen molar-refractivity contribution in [2.75, 3.05) is 13.1 Å². The van der Waals surface area contributed by atoms with E-state index in [0.29, 0.717) is 13.1 Å². The maximum atomic E-state index is 13.0. The van der Waals surface area contributed by atoms with Gasteiger partial charge >= 0.3 is 0 Å². The summed E-state index contributed by atoms with van der Waals surface area (Å²) in [5.41, 5.74) is 1.96. The summed E-state index contributed by atoms with van der Waals surface area (Å²) in [6, 6.07) is 19.6. The molecule has 2 aromatic rings. The molecule has 2 atom stereocenters. The molecule has 0 bridgehead atoms. The second kappa shape index (κ2) is 6.20. The van der Waals surface area contributed by atoms with Crippen molar-refractivity contribution in [2.24, 2.45) is 5.92 Å². The van der Waals surface area contributed by atoms with Crippen LogP contribution < -0.4 is 5.32 Å². The van der Waals surface area contributed by atoms with Gasteiger partial charge in [0.25, 0.3) is 0 Å². The fourth-order valence-corrected chi connectivity index (χ4v) is 2.98. The Morgan fingerprint density at radius 3 is 1.90 bits per heavy atom. The number of rotatable bonds is 4. The van der Waals surface area contributed by atoms with Gasteiger partial charge in [-0.1, -0.05) is 60.7 Å². The minimum atomic E-state index is -0.590. The first-order valence-corrected chi connectivity index (χ1v) is 7.30. The Kier molecular flexibility index (Phi) is 4.13. The molecule has 21 heavy (non-hydrogen) atoms. The predicted molar refractivity (Wildman–Crippen MR) is 82.1 cm³/mol. The zero-order chi connectivity index (χ0) is 14.7. The quantitative estimate of drug-likeness (QED) is 0.901. The molecule has 108 valence electrons. The molecule has 3 heteroatoms. The zero-order valence-corrected chi connectivity index (χ0v) is 11.8. The van der Waals surface area contributed by atoms with Gasteiger partial charge in [-0.3, -0.25) is 4.79 Å². The van der Waals surface area contributed by atoms with Gasteiger partial charge in [-0.2, -0.15) is 0 Å². The van der Waals surface area contributed by atoms with Gasteiger partial charge in [0, 0.05) is 13.1 Å². The summed E-state index contributed by atoms with van der Waals surface area (Å²) in [5, 5.41) is 13.1. The molecule has 1 fully saturated rings. The van der Waals surface area contributed by atoms with Crippen LogP contribution in [0, 0.1) is 5.92 Å². The molecule has 0 amide bonds. The first kappa shape index (κ1) is 14.0. The minimum absolute atomic E-state index is 0.0879. The van der Waals surface area contributed by atoms with Crippen molar-refractivity contribution < 1.29 is 9.90 Å². The molecule has 3 nitrogen and oxygen atoms in total. The first-order valence-electron chi connectivity index (χ1n) is 7.30. The largest absolute Gasteiger partial charge is 0.391 e. The van der Waals surface area contributed by atoms with Crippen LogP contribution in [0.4, 0.5) is 0 Å². The number of Topliss-reactive ketones (excluding diaryl/α,β-unsaturated/α-hetero) is 1. The Balaban J connectivity index is 1.99. The summed E-state index contributed by atoms with van der Waals surface area (Å²) in [6.45, 7) is 1.04. The van der Waals surface area contributed by atoms with Crippen LogP contribution in [0.25, 0.3) is 0 Å². The second-order valence-corrected chi connectivity index (χ2v) is 5.49. The molecule has 1 aliphatic heterocycles. The smallest absolute Gasteiger partial charge is 0.151 e. The van der Waals surface area contributed by atoms with Gasteiger partial charge in [0.2, 0.25) is 0 Å². The summed E-state index contributed by atoms with van der Waals surface area (Å²) in [6.07, 6.45) is -0.590. The van der Waals surface area contributed by atoms with Crippen molar-refractivity contribution in [1.29, 1.82) is 0 Å². The first-order chi connectivity index (χ1) is 10.3. The number of aliphatic hydroxyl groups is 1. The standard InChI is InChI=1S/C18H19NO2/c20-16-12-19-11-15(16)18(21)17(13-7-3-1-4-8-13)14-9-5-2-6-10-14/h1-10,15-17,19-20H,11-12H2. The lowest BCUT2D eigenvalue weighted by Gasteiger charge is -2.22. The Bertz CT molecular complexity index is 558. The van der Waals surface area contributed by atoms with E-state index in [9.17, 15) is 9.90 Å². The number of hydrogen-bond donors (Lipinski definition) is 2. The summed E-state index contributed by atoms with van der Waals surface area (Å²) >= 11 is 0. The number of β-amino-alcohol motifs (C(OH)–C–C–N with tert-alkyl or cyclic N) is 1. The Labute approximate surface area is 124 Å². The van der Waals surface area contributed by atoms with Crippen molar-refractivity contribution in [3.8, 4) is 0 Å². The molecule has 2 aromatic carbocycles. The van der Waals surface area contributed by atoms with Crippen LogP contribution in [0.1, 0.15) is 17.0 Å². The van der Waals surface area contributed by atoms with Gasteiger partial charge in [0.1, 0.15) is 0 Å². The number of carbonyl (C=O) groups excluding carboxylic acids is 1. The summed E-state index contributed by atoms with van der Waals surface area (Å²) in [5.74, 6) is -0.563. The Morgan fingerprint density at radius 1 is 0.952 bits per heavy atom. The monoisotopic (exact) mass is 281 g/mol. The van der Waals surface area contributed by atoms with E-state index in [1.54, 1.807) is 0 Å². The van der Waals surface area contributed by atoms with E-state index >= 15 is 0 Å². The number of ketones is 1. The lowest BCUT2D eigenvalue weighted by atomic mass is 9.81. The minimum Gasteiger partial charge on any atom is -0.391 e. The number of hydrogen-bond acceptors (Lipinski definition) is 3. The van der Waals surface area contributed by atoms with Gasteiger partial charge in [0.05, 0.1) is 17.9 Å². The summed E-state index contributed by atoms with van der Waals surface area (Å²) in [7, 11) is 0. The predicted octanol–water partition coefficient (Wildman–Crippen LogP) is 1.97. The van der Waals surface area contributed by atoms with Gasteiger partial charge in [-0.15, -0.1) is 0 Å². The third-order valence-corrected chi connectivity index (χ3v) is 4.10. The molecule has 0 saturated carbocycles. The van der Waals surface area contributed by atoms with E-state index in [1.807, 2.05) is 60.7 Å². The molecule has 0 aromatic heterocycles. The third-order valence-electron chi connectivity index (χ3n) is 4.10. The van der Waals surface area contributed by atoms with Gasteiger partial charge < -0.3 is 10.4 Å². The van der Waals surface area contributed by atoms with Crippen molar-refractivity contribution in [3.05, 3.63) is 71.8 Å². The van der Waals surface area contributed by atoms with Crippen LogP contribution in [0.15, 0.2) is 60.7 Å². The fraction of sp³-hybridized carbons (Fsp3) is 0.278. The summed E-state index contributed by atoms with van der Waals surface area (Å²) < 4.78 is 0. The van der Waals surface area contributed by atoms with E-state index in [0.717, 1.165) is 11.1 Å². The molecule has 0 radical (unpaired) electrons. The maximum Gasteiger partial charge on any atom is 0.151 e. The third kappa shape index (κ3) is 2.89. The summed E-state index contributed by atoms with van der Waals surface area (Å²) in [4.78, 5) is 13.0. The highest BCUT2D eigenvalue weighted by Crippen LogP contribution is 2.30. The lowest BCUT2D eigenvalue weighted by Crippen LogP contribution is -2.31. The van der Waals surface area contributed by atoms with Crippen molar-refractivity contribution >= 4 is 5.78 Å². The lowest BCUT2D eigenvalue weighted by molar-refractivity contribution is -0.125. The molecular formula is C18H19NO2. The van der Waals surface area contributed by atoms with E-state index in [4.69, 9.17) is 0 Å². The highest BCUT2D eigenvalue weighted by molar-refractivity contribution is 5.91. The normalized spacial score (nSPS) is 21.6. The van der Waals surface area contributed by atoms with Gasteiger partial charge in [-0.25, -0.2) is 0 Å². The number of nitrogens with one attached hydrogen (secondary N) is 1. The van der Waals surface area contributed by atoms with E-state index in [2.05, 4.69) is 5.32 Å². The molecule has 3 rings (SSSR count). The van der Waals surface area contributed by atoms with Crippen LogP contribution in [-0.2, 0) is 4.79 Å². The van der Waals surface area contributed by atoms with Crippen molar-refractivity contribution in [2.45, 2.75) is 12.0 Å². The van der Waals surface area contributed by atoms with E-state index < -0.39 is 6.10 Å². The van der Waals surface area contributed by atoms with Crippen LogP contribution in [0.5, 0.6) is 0 Å². The average molecular weight is 281 g/mol. The molecule has 1 heterocycles. The Hall–Kier alpha value is -1.97. The van der Waals surface area contributed by atoms with E-state index in [-0.39, 0.29) is 17.6 Å². The van der Waals surface area contributed by atoms with Crippen LogP contribution in [0.2, 0.25) is 0 Å². The highest BCUT2D eigenvalue weighted by Gasteiger charge is 2.36. The highest BCUT2D eigenvalue weighted by atomic mass is 16.3. The average Bonchev–Trinajstić information content (AvgIpc) is 2.96. The topological polar surface area (TPSA) is 49.3 Å². The number of benzene rings is 2. The molecule has 1 aliphatic rings. The molecule has 2 N–H and O–H groups in total. The molecular weight excluding hydrogens is 262 g/mol. The van der Waals surface area contributed by atoms with Crippen LogP contribution in [-0.4, -0.2) is 30.1 Å². The van der Waals surface area contributed by atoms with Crippen LogP contribution >= 0.6 is 0 Å². The van der Waals surface area contributed by atoms with Gasteiger partial charge in [0.15, 0.2) is 5.78 Å². The molecule has 0 aliphatic carbocycles. The van der Waals surface area contributed by atoms with Gasteiger partial charge in [-0.05, 0) is 11.1 Å². The maximum absolute atomic E-state index is 13.0. The number of aliphatic hydroxyl groups excluding tert-OH is 1. The molecule has 0 spiro atoms. The van der Waals surface area contributed by atoms with E-state index in [1.165, 1.54) is 0 Å². The van der Waals surface area contributed by atoms with Crippen LogP contribution in [0.3, 0.4) is 0 Å². The second-order valence-electron chi connectivity index (χ2n) is 5.49. The Morgan fingerprint density at radius 2 is 1.48 bits per heavy atom. The molecule has 1 saturated heterocycles. The zero-order valence-electron chi connectivity index (χ0n) is 11.8. The SMILES string of the molecule is O=C(C(c1ccccc1)c1ccccc1)C1CNCC1O. The van der Waals surface area contributed by atoms with Crippen molar-refractivity contribution in [1.82, 2.24) is 5.32 Å².